The van der Waals surface area contributed by atoms with Crippen LogP contribution in [0.25, 0.3) is 10.8 Å². The largest absolute Gasteiger partial charge is 0.486 e. The number of benzene rings is 3. The first kappa shape index (κ1) is 19.6. The molecular formula is C23H20ClN3OS. The summed E-state index contributed by atoms with van der Waals surface area (Å²) < 4.78 is 7.88. The zero-order valence-corrected chi connectivity index (χ0v) is 17.4. The van der Waals surface area contributed by atoms with E-state index in [0.29, 0.717) is 18.2 Å². The number of nitrogens with zero attached hydrogens (tertiary/aromatic N) is 3. The minimum absolute atomic E-state index is 0.331. The molecule has 3 aromatic carbocycles. The Morgan fingerprint density at radius 1 is 1.00 bits per heavy atom. The summed E-state index contributed by atoms with van der Waals surface area (Å²) in [6.07, 6.45) is 1.84. The SMILES string of the molecule is C=CCn1c(COc2ccc(Cl)cc2)nnc1SCc1cccc2ccccc12. The average Bonchev–Trinajstić information content (AvgIpc) is 3.13. The van der Waals surface area contributed by atoms with Crippen LogP contribution in [0.3, 0.4) is 0 Å². The Hall–Kier alpha value is -2.76. The van der Waals surface area contributed by atoms with Crippen molar-refractivity contribution < 1.29 is 4.74 Å². The molecule has 0 fully saturated rings. The molecule has 0 radical (unpaired) electrons. The highest BCUT2D eigenvalue weighted by Gasteiger charge is 2.13. The first-order valence-electron chi connectivity index (χ1n) is 9.25. The number of hydrogen-bond donors (Lipinski definition) is 0. The van der Waals surface area contributed by atoms with Crippen LogP contribution in [0.4, 0.5) is 0 Å². The Morgan fingerprint density at radius 3 is 2.62 bits per heavy atom. The molecule has 0 unspecified atom stereocenters. The van der Waals surface area contributed by atoms with Gasteiger partial charge in [0, 0.05) is 17.3 Å². The summed E-state index contributed by atoms with van der Waals surface area (Å²) in [4.78, 5) is 0. The van der Waals surface area contributed by atoms with Crippen LogP contribution in [-0.2, 0) is 18.9 Å². The fourth-order valence-electron chi connectivity index (χ4n) is 3.08. The molecule has 1 heterocycles. The van der Waals surface area contributed by atoms with E-state index in [0.717, 1.165) is 22.5 Å². The second kappa shape index (κ2) is 9.16. The minimum Gasteiger partial charge on any atom is -0.486 e. The van der Waals surface area contributed by atoms with Crippen LogP contribution in [0.15, 0.2) is 84.5 Å². The lowest BCUT2D eigenvalue weighted by Gasteiger charge is -2.10. The van der Waals surface area contributed by atoms with Crippen LogP contribution in [0, 0.1) is 0 Å². The number of fused-ring (bicyclic) bond motifs is 1. The van der Waals surface area contributed by atoms with Gasteiger partial charge in [0.1, 0.15) is 12.4 Å². The van der Waals surface area contributed by atoms with Crippen molar-refractivity contribution >= 4 is 34.1 Å². The van der Waals surface area contributed by atoms with E-state index in [1.807, 2.05) is 22.8 Å². The molecule has 0 atom stereocenters. The maximum atomic E-state index is 5.92. The normalized spacial score (nSPS) is 10.9. The van der Waals surface area contributed by atoms with E-state index in [1.54, 1.807) is 23.9 Å². The van der Waals surface area contributed by atoms with Crippen molar-refractivity contribution in [2.24, 2.45) is 0 Å². The van der Waals surface area contributed by atoms with Crippen LogP contribution in [0.1, 0.15) is 11.4 Å². The van der Waals surface area contributed by atoms with Gasteiger partial charge in [-0.15, -0.1) is 16.8 Å². The molecule has 0 amide bonds. The van der Waals surface area contributed by atoms with Crippen LogP contribution >= 0.6 is 23.4 Å². The van der Waals surface area contributed by atoms with Gasteiger partial charge in [-0.3, -0.25) is 4.57 Å². The Kier molecular flexibility index (Phi) is 6.17. The highest BCUT2D eigenvalue weighted by molar-refractivity contribution is 7.98. The molecule has 4 rings (SSSR count). The first-order chi connectivity index (χ1) is 14.2. The van der Waals surface area contributed by atoms with Crippen molar-refractivity contribution in [3.05, 3.63) is 95.8 Å². The molecule has 6 heteroatoms. The summed E-state index contributed by atoms with van der Waals surface area (Å²) >= 11 is 7.59. The highest BCUT2D eigenvalue weighted by atomic mass is 35.5. The number of ether oxygens (including phenoxy) is 1. The van der Waals surface area contributed by atoms with E-state index >= 15 is 0 Å². The van der Waals surface area contributed by atoms with Gasteiger partial charge in [-0.2, -0.15) is 0 Å². The molecule has 0 N–H and O–H groups in total. The van der Waals surface area contributed by atoms with Gasteiger partial charge in [-0.25, -0.2) is 0 Å². The molecule has 0 aliphatic carbocycles. The average molecular weight is 422 g/mol. The number of rotatable bonds is 8. The van der Waals surface area contributed by atoms with Crippen LogP contribution < -0.4 is 4.74 Å². The van der Waals surface area contributed by atoms with Gasteiger partial charge in [0.15, 0.2) is 11.0 Å². The molecule has 1 aromatic heterocycles. The van der Waals surface area contributed by atoms with Gasteiger partial charge in [0.25, 0.3) is 0 Å². The molecule has 0 saturated heterocycles. The van der Waals surface area contributed by atoms with Crippen molar-refractivity contribution in [2.75, 3.05) is 0 Å². The van der Waals surface area contributed by atoms with E-state index in [1.165, 1.54) is 16.3 Å². The van der Waals surface area contributed by atoms with E-state index in [2.05, 4.69) is 59.2 Å². The molecule has 4 aromatic rings. The summed E-state index contributed by atoms with van der Waals surface area (Å²) in [6, 6.07) is 22.1. The summed E-state index contributed by atoms with van der Waals surface area (Å²) in [5.41, 5.74) is 1.28. The van der Waals surface area contributed by atoms with Crippen molar-refractivity contribution in [3.8, 4) is 5.75 Å². The number of thioether (sulfide) groups is 1. The second-order valence-electron chi connectivity index (χ2n) is 6.47. The fourth-order valence-corrected chi connectivity index (χ4v) is 4.18. The van der Waals surface area contributed by atoms with E-state index in [4.69, 9.17) is 16.3 Å². The zero-order chi connectivity index (χ0) is 20.1. The van der Waals surface area contributed by atoms with Crippen molar-refractivity contribution in [2.45, 2.75) is 24.1 Å². The van der Waals surface area contributed by atoms with Gasteiger partial charge in [0.2, 0.25) is 0 Å². The zero-order valence-electron chi connectivity index (χ0n) is 15.8. The molecule has 0 aliphatic rings. The molecule has 146 valence electrons. The molecule has 29 heavy (non-hydrogen) atoms. The predicted octanol–water partition coefficient (Wildman–Crippen LogP) is 6.14. The van der Waals surface area contributed by atoms with Crippen molar-refractivity contribution in [1.29, 1.82) is 0 Å². The lowest BCUT2D eigenvalue weighted by molar-refractivity contribution is 0.289. The maximum absolute atomic E-state index is 5.92. The monoisotopic (exact) mass is 421 g/mol. The highest BCUT2D eigenvalue weighted by Crippen LogP contribution is 2.27. The molecular weight excluding hydrogens is 402 g/mol. The second-order valence-corrected chi connectivity index (χ2v) is 7.85. The number of hydrogen-bond acceptors (Lipinski definition) is 4. The standard InChI is InChI=1S/C23H20ClN3OS/c1-2-14-27-22(15-28-20-12-10-19(24)11-13-20)25-26-23(27)29-16-18-8-5-7-17-6-3-4-9-21(17)18/h2-13H,1,14-16H2. The Labute approximate surface area is 179 Å². The Balaban J connectivity index is 1.50. The summed E-state index contributed by atoms with van der Waals surface area (Å²) in [5, 5.41) is 12.8. The van der Waals surface area contributed by atoms with Crippen molar-refractivity contribution in [3.63, 3.8) is 0 Å². The van der Waals surface area contributed by atoms with Crippen LogP contribution in [-0.4, -0.2) is 14.8 Å². The lowest BCUT2D eigenvalue weighted by atomic mass is 10.1. The van der Waals surface area contributed by atoms with Gasteiger partial charge < -0.3 is 4.74 Å². The topological polar surface area (TPSA) is 39.9 Å². The molecule has 0 spiro atoms. The number of aromatic nitrogens is 3. The Morgan fingerprint density at radius 2 is 1.79 bits per heavy atom. The van der Waals surface area contributed by atoms with Gasteiger partial charge in [-0.1, -0.05) is 71.9 Å². The number of halogens is 1. The van der Waals surface area contributed by atoms with E-state index in [9.17, 15) is 0 Å². The first-order valence-corrected chi connectivity index (χ1v) is 10.6. The van der Waals surface area contributed by atoms with Crippen LogP contribution in [0.2, 0.25) is 5.02 Å². The predicted molar refractivity (Wildman–Crippen MR) is 120 cm³/mol. The van der Waals surface area contributed by atoms with Gasteiger partial charge in [0.05, 0.1) is 0 Å². The molecule has 0 saturated carbocycles. The van der Waals surface area contributed by atoms with Crippen molar-refractivity contribution in [1.82, 2.24) is 14.8 Å². The third kappa shape index (κ3) is 4.63. The molecule has 0 aliphatic heterocycles. The summed E-state index contributed by atoms with van der Waals surface area (Å²) in [5.74, 6) is 2.32. The molecule has 4 nitrogen and oxygen atoms in total. The smallest absolute Gasteiger partial charge is 0.191 e. The minimum atomic E-state index is 0.331. The third-order valence-corrected chi connectivity index (χ3v) is 5.79. The van der Waals surface area contributed by atoms with Gasteiger partial charge in [-0.05, 0) is 40.6 Å². The lowest BCUT2D eigenvalue weighted by Crippen LogP contribution is -2.07. The maximum Gasteiger partial charge on any atom is 0.191 e. The molecule has 0 bridgehead atoms. The Bertz CT molecular complexity index is 1120. The van der Waals surface area contributed by atoms with Crippen LogP contribution in [0.5, 0.6) is 5.75 Å². The van der Waals surface area contributed by atoms with Gasteiger partial charge >= 0.3 is 0 Å². The summed E-state index contributed by atoms with van der Waals surface area (Å²) in [6.45, 7) is 4.82. The van der Waals surface area contributed by atoms with E-state index in [-0.39, 0.29) is 0 Å². The fraction of sp³-hybridized carbons (Fsp3) is 0.130. The number of allylic oxidation sites excluding steroid dienone is 1. The quantitative estimate of drug-likeness (QED) is 0.253. The summed E-state index contributed by atoms with van der Waals surface area (Å²) in [7, 11) is 0. The third-order valence-electron chi connectivity index (χ3n) is 4.52. The van der Waals surface area contributed by atoms with E-state index < -0.39 is 0 Å².